The Morgan fingerprint density at radius 1 is 0.259 bits per heavy atom. The molecule has 0 amide bonds. The number of fused-ring (bicyclic) bond motifs is 8. The Bertz CT molecular complexity index is 3350. The van der Waals surface area contributed by atoms with Crippen molar-refractivity contribution in [2.45, 2.75) is 0 Å². The number of hydrogen-bond donors (Lipinski definition) is 0. The first kappa shape index (κ1) is 32.4. The third-order valence-electron chi connectivity index (χ3n) is 11.5. The SMILES string of the molecule is c1ccc(-c2nc(-c3ccccc3)nc(-c3ccc4nc(-c5ccccc5)c5c6ccc(-c7ccc8c9c(cccc79)-c7ccccc7-8)nc6ccc5c4c3)n2)cc1. The monoisotopic (exact) mass is 737 g/mol. The van der Waals surface area contributed by atoms with E-state index in [2.05, 4.69) is 121 Å². The molecular formula is C53H31N5. The molecule has 0 radical (unpaired) electrons. The van der Waals surface area contributed by atoms with Crippen molar-refractivity contribution in [3.8, 4) is 78.9 Å². The van der Waals surface area contributed by atoms with Gasteiger partial charge in [-0.3, -0.25) is 0 Å². The molecule has 3 aromatic heterocycles. The van der Waals surface area contributed by atoms with Gasteiger partial charge in [0.05, 0.1) is 22.4 Å². The van der Waals surface area contributed by atoms with E-state index in [0.29, 0.717) is 17.5 Å². The van der Waals surface area contributed by atoms with Crippen LogP contribution in [0, 0.1) is 0 Å². The highest BCUT2D eigenvalue weighted by molar-refractivity contribution is 6.22. The largest absolute Gasteiger partial charge is 0.248 e. The molecule has 58 heavy (non-hydrogen) atoms. The molecular weight excluding hydrogens is 707 g/mol. The van der Waals surface area contributed by atoms with Crippen LogP contribution in [0.5, 0.6) is 0 Å². The summed E-state index contributed by atoms with van der Waals surface area (Å²) in [5.41, 5.74) is 13.8. The first-order chi connectivity index (χ1) is 28.7. The molecule has 0 unspecified atom stereocenters. The van der Waals surface area contributed by atoms with Crippen molar-refractivity contribution in [2.24, 2.45) is 0 Å². The summed E-state index contributed by atoms with van der Waals surface area (Å²) in [6.07, 6.45) is 0. The van der Waals surface area contributed by atoms with Gasteiger partial charge in [-0.1, -0.05) is 152 Å². The Morgan fingerprint density at radius 3 is 1.48 bits per heavy atom. The lowest BCUT2D eigenvalue weighted by Crippen LogP contribution is -2.00. The molecule has 11 aromatic rings. The average molecular weight is 738 g/mol. The van der Waals surface area contributed by atoms with Crippen LogP contribution in [0.1, 0.15) is 0 Å². The van der Waals surface area contributed by atoms with Gasteiger partial charge in [0.1, 0.15) is 0 Å². The second-order valence-corrected chi connectivity index (χ2v) is 14.8. The van der Waals surface area contributed by atoms with Crippen LogP contribution in [-0.2, 0) is 0 Å². The molecule has 5 heteroatoms. The summed E-state index contributed by atoms with van der Waals surface area (Å²) in [6, 6.07) is 65.5. The summed E-state index contributed by atoms with van der Waals surface area (Å²) in [5, 5.41) is 6.74. The highest BCUT2D eigenvalue weighted by Crippen LogP contribution is 2.49. The number of nitrogens with zero attached hydrogens (tertiary/aromatic N) is 5. The van der Waals surface area contributed by atoms with Gasteiger partial charge in [0.15, 0.2) is 17.5 Å². The van der Waals surface area contributed by atoms with E-state index in [9.17, 15) is 0 Å². The number of benzene rings is 8. The van der Waals surface area contributed by atoms with Gasteiger partial charge in [-0.25, -0.2) is 24.9 Å². The van der Waals surface area contributed by atoms with Crippen LogP contribution in [-0.4, -0.2) is 24.9 Å². The van der Waals surface area contributed by atoms with Crippen molar-refractivity contribution < 1.29 is 0 Å². The van der Waals surface area contributed by atoms with Crippen LogP contribution in [0.25, 0.3) is 122 Å². The normalized spacial score (nSPS) is 11.8. The van der Waals surface area contributed by atoms with Crippen LogP contribution in [0.15, 0.2) is 188 Å². The second kappa shape index (κ2) is 12.8. The average Bonchev–Trinajstić information content (AvgIpc) is 3.63. The molecule has 12 rings (SSSR count). The molecule has 3 heterocycles. The van der Waals surface area contributed by atoms with E-state index >= 15 is 0 Å². The Hall–Kier alpha value is -7.89. The van der Waals surface area contributed by atoms with Gasteiger partial charge in [-0.05, 0) is 74.8 Å². The van der Waals surface area contributed by atoms with Gasteiger partial charge >= 0.3 is 0 Å². The van der Waals surface area contributed by atoms with E-state index in [0.717, 1.165) is 71.8 Å². The molecule has 0 aliphatic heterocycles. The van der Waals surface area contributed by atoms with Crippen LogP contribution in [0.3, 0.4) is 0 Å². The summed E-state index contributed by atoms with van der Waals surface area (Å²) >= 11 is 0. The van der Waals surface area contributed by atoms with Crippen molar-refractivity contribution in [1.82, 2.24) is 24.9 Å². The highest BCUT2D eigenvalue weighted by Gasteiger charge is 2.23. The van der Waals surface area contributed by atoms with E-state index in [1.165, 1.54) is 33.0 Å². The summed E-state index contributed by atoms with van der Waals surface area (Å²) in [7, 11) is 0. The summed E-state index contributed by atoms with van der Waals surface area (Å²) in [6.45, 7) is 0. The van der Waals surface area contributed by atoms with Crippen molar-refractivity contribution in [3.63, 3.8) is 0 Å². The lowest BCUT2D eigenvalue weighted by Gasteiger charge is -2.15. The molecule has 0 N–H and O–H groups in total. The van der Waals surface area contributed by atoms with Crippen LogP contribution in [0.4, 0.5) is 0 Å². The molecule has 0 saturated heterocycles. The summed E-state index contributed by atoms with van der Waals surface area (Å²) in [5.74, 6) is 1.87. The van der Waals surface area contributed by atoms with E-state index < -0.39 is 0 Å². The lowest BCUT2D eigenvalue weighted by atomic mass is 9.94. The van der Waals surface area contributed by atoms with Crippen LogP contribution < -0.4 is 0 Å². The van der Waals surface area contributed by atoms with Gasteiger partial charge in [0, 0.05) is 44.0 Å². The lowest BCUT2D eigenvalue weighted by molar-refractivity contribution is 1.07. The summed E-state index contributed by atoms with van der Waals surface area (Å²) < 4.78 is 0. The zero-order chi connectivity index (χ0) is 38.2. The first-order valence-corrected chi connectivity index (χ1v) is 19.5. The number of rotatable bonds is 5. The minimum Gasteiger partial charge on any atom is -0.248 e. The molecule has 268 valence electrons. The maximum atomic E-state index is 5.38. The quantitative estimate of drug-likeness (QED) is 0.165. The van der Waals surface area contributed by atoms with Crippen LogP contribution >= 0.6 is 0 Å². The number of hydrogen-bond acceptors (Lipinski definition) is 5. The van der Waals surface area contributed by atoms with Gasteiger partial charge < -0.3 is 0 Å². The van der Waals surface area contributed by atoms with Gasteiger partial charge in [0.2, 0.25) is 0 Å². The van der Waals surface area contributed by atoms with Crippen LogP contribution in [0.2, 0.25) is 0 Å². The molecule has 1 aliphatic rings. The van der Waals surface area contributed by atoms with E-state index in [-0.39, 0.29) is 0 Å². The molecule has 5 nitrogen and oxygen atoms in total. The number of pyridine rings is 2. The Labute approximate surface area is 334 Å². The Kier molecular flexibility index (Phi) is 7.16. The predicted molar refractivity (Wildman–Crippen MR) is 237 cm³/mol. The minimum absolute atomic E-state index is 0.607. The predicted octanol–water partition coefficient (Wildman–Crippen LogP) is 13.3. The third kappa shape index (κ3) is 5.07. The Morgan fingerprint density at radius 2 is 0.793 bits per heavy atom. The second-order valence-electron chi connectivity index (χ2n) is 14.8. The molecule has 0 bridgehead atoms. The molecule has 0 spiro atoms. The van der Waals surface area contributed by atoms with Crippen molar-refractivity contribution >= 4 is 43.4 Å². The topological polar surface area (TPSA) is 64.5 Å². The van der Waals surface area contributed by atoms with Gasteiger partial charge in [0.25, 0.3) is 0 Å². The highest BCUT2D eigenvalue weighted by atomic mass is 15.0. The molecule has 0 saturated carbocycles. The van der Waals surface area contributed by atoms with E-state index in [1.54, 1.807) is 0 Å². The first-order valence-electron chi connectivity index (χ1n) is 19.5. The van der Waals surface area contributed by atoms with Gasteiger partial charge in [-0.2, -0.15) is 0 Å². The maximum absolute atomic E-state index is 5.38. The van der Waals surface area contributed by atoms with E-state index in [1.807, 2.05) is 66.7 Å². The fourth-order valence-corrected chi connectivity index (χ4v) is 8.77. The third-order valence-corrected chi connectivity index (χ3v) is 11.5. The zero-order valence-corrected chi connectivity index (χ0v) is 31.1. The van der Waals surface area contributed by atoms with Crippen molar-refractivity contribution in [1.29, 1.82) is 0 Å². The zero-order valence-electron chi connectivity index (χ0n) is 31.1. The fraction of sp³-hybridized carbons (Fsp3) is 0. The maximum Gasteiger partial charge on any atom is 0.164 e. The molecule has 1 aliphatic carbocycles. The minimum atomic E-state index is 0.607. The number of aromatic nitrogens is 5. The van der Waals surface area contributed by atoms with Crippen molar-refractivity contribution in [2.75, 3.05) is 0 Å². The smallest absolute Gasteiger partial charge is 0.164 e. The standard InChI is InChI=1S/C53H31N5/c1-4-13-32(14-5-1)50-49-42(26-29-46-43(49)27-30-45(54-46)38-24-25-41-37-20-11-10-19-36(37)39-21-12-22-40(38)48(39)41)44-31-35(23-28-47(44)55-50)53-57-51(33-15-6-2-7-16-33)56-52(58-53)34-17-8-3-9-18-34/h1-31H. The molecule has 8 aromatic carbocycles. The molecule has 0 fully saturated rings. The van der Waals surface area contributed by atoms with Crippen molar-refractivity contribution in [3.05, 3.63) is 188 Å². The Balaban J connectivity index is 1.06. The molecule has 0 atom stereocenters. The van der Waals surface area contributed by atoms with E-state index in [4.69, 9.17) is 24.9 Å². The van der Waals surface area contributed by atoms with Gasteiger partial charge in [-0.15, -0.1) is 0 Å². The fourth-order valence-electron chi connectivity index (χ4n) is 8.77. The summed E-state index contributed by atoms with van der Waals surface area (Å²) in [4.78, 5) is 25.7.